The predicted octanol–water partition coefficient (Wildman–Crippen LogP) is 1.16. The number of carbonyl (C=O) groups excluding carboxylic acids is 1. The lowest BCUT2D eigenvalue weighted by Gasteiger charge is -2.23. The van der Waals surface area contributed by atoms with Gasteiger partial charge in [-0.3, -0.25) is 4.79 Å². The second-order valence-corrected chi connectivity index (χ2v) is 8.11. The lowest BCUT2D eigenvalue weighted by atomic mass is 10.3. The van der Waals surface area contributed by atoms with Gasteiger partial charge in [0.1, 0.15) is 5.75 Å². The van der Waals surface area contributed by atoms with Crippen molar-refractivity contribution in [2.75, 3.05) is 40.3 Å². The van der Waals surface area contributed by atoms with E-state index in [1.54, 1.807) is 17.0 Å². The average molecular weight is 372 g/mol. The zero-order valence-electron chi connectivity index (χ0n) is 15.7. The first-order valence-corrected chi connectivity index (χ1v) is 9.77. The van der Waals surface area contributed by atoms with Crippen LogP contribution < -0.4 is 9.46 Å². The van der Waals surface area contributed by atoms with Crippen LogP contribution in [-0.4, -0.2) is 70.5 Å². The largest absolute Gasteiger partial charge is 0.491 e. The number of sulfonamides is 1. The molecule has 1 aromatic rings. The molecule has 0 atom stereocenters. The number of hydrogen-bond acceptors (Lipinski definition) is 5. The molecule has 0 radical (unpaired) electrons. The summed E-state index contributed by atoms with van der Waals surface area (Å²) < 4.78 is 32.7. The van der Waals surface area contributed by atoms with Gasteiger partial charge in [0.05, 0.1) is 11.0 Å². The van der Waals surface area contributed by atoms with Gasteiger partial charge in [-0.25, -0.2) is 13.1 Å². The van der Waals surface area contributed by atoms with Crippen LogP contribution in [0.4, 0.5) is 0 Å². The number of hydrogen-bond donors (Lipinski definition) is 1. The monoisotopic (exact) mass is 371 g/mol. The molecule has 0 saturated heterocycles. The molecule has 142 valence electrons. The molecule has 0 bridgehead atoms. The maximum atomic E-state index is 12.3. The number of ether oxygens (including phenoxy) is 1. The third-order valence-electron chi connectivity index (χ3n) is 3.44. The molecule has 8 heteroatoms. The van der Waals surface area contributed by atoms with E-state index in [0.29, 0.717) is 18.8 Å². The Balaban J connectivity index is 2.60. The highest BCUT2D eigenvalue weighted by molar-refractivity contribution is 7.89. The van der Waals surface area contributed by atoms with Crippen LogP contribution in [0.25, 0.3) is 0 Å². The van der Waals surface area contributed by atoms with E-state index in [2.05, 4.69) is 4.72 Å². The van der Waals surface area contributed by atoms with Gasteiger partial charge in [-0.1, -0.05) is 0 Å². The molecule has 0 aromatic heterocycles. The molecule has 0 unspecified atom stereocenters. The molecule has 1 amide bonds. The minimum absolute atomic E-state index is 0.0281. The van der Waals surface area contributed by atoms with Crippen molar-refractivity contribution in [1.29, 1.82) is 0 Å². The van der Waals surface area contributed by atoms with Gasteiger partial charge in [-0.2, -0.15) is 0 Å². The zero-order chi connectivity index (χ0) is 19.0. The van der Waals surface area contributed by atoms with Gasteiger partial charge >= 0.3 is 0 Å². The van der Waals surface area contributed by atoms with Crippen LogP contribution in [0.15, 0.2) is 29.2 Å². The number of nitrogens with one attached hydrogen (secondary N) is 1. The van der Waals surface area contributed by atoms with Crippen molar-refractivity contribution in [1.82, 2.24) is 14.5 Å². The third kappa shape index (κ3) is 7.85. The predicted molar refractivity (Wildman–Crippen MR) is 98.2 cm³/mol. The smallest absolute Gasteiger partial charge is 0.240 e. The summed E-state index contributed by atoms with van der Waals surface area (Å²) in [6.07, 6.45) is 0.0281. The van der Waals surface area contributed by atoms with Gasteiger partial charge < -0.3 is 14.5 Å². The van der Waals surface area contributed by atoms with Crippen molar-refractivity contribution in [3.05, 3.63) is 24.3 Å². The molecule has 0 aliphatic carbocycles. The Morgan fingerprint density at radius 2 is 1.72 bits per heavy atom. The lowest BCUT2D eigenvalue weighted by Crippen LogP contribution is -2.40. The van der Waals surface area contributed by atoms with Gasteiger partial charge in [0.2, 0.25) is 15.9 Å². The van der Waals surface area contributed by atoms with Crippen LogP contribution in [0.2, 0.25) is 0 Å². The quantitative estimate of drug-likeness (QED) is 0.668. The molecule has 0 saturated carbocycles. The Morgan fingerprint density at radius 3 is 2.20 bits per heavy atom. The summed E-state index contributed by atoms with van der Waals surface area (Å²) in [7, 11) is 0.236. The molecule has 1 N–H and O–H groups in total. The number of rotatable bonds is 10. The molecule has 0 fully saturated rings. The minimum atomic E-state index is -3.61. The highest BCUT2D eigenvalue weighted by Crippen LogP contribution is 2.16. The van der Waals surface area contributed by atoms with Crippen LogP contribution in [0, 0.1) is 0 Å². The van der Waals surface area contributed by atoms with E-state index < -0.39 is 10.0 Å². The number of carbonyl (C=O) groups is 1. The van der Waals surface area contributed by atoms with Crippen molar-refractivity contribution in [2.24, 2.45) is 0 Å². The Kier molecular flexibility index (Phi) is 8.34. The van der Waals surface area contributed by atoms with Crippen molar-refractivity contribution < 1.29 is 17.9 Å². The SMILES string of the molecule is CC(=O)N(CCNS(=O)(=O)c1ccc(OC(C)C)cc1)CCN(C)C. The standard InChI is InChI=1S/C17H29N3O4S/c1-14(2)24-16-6-8-17(9-7-16)25(22,23)18-10-11-20(15(3)21)13-12-19(4)5/h6-9,14,18H,10-13H2,1-5H3. The number of benzene rings is 1. The Morgan fingerprint density at radius 1 is 1.12 bits per heavy atom. The second kappa shape index (κ2) is 9.74. The molecule has 0 spiro atoms. The van der Waals surface area contributed by atoms with Gasteiger partial charge in [0.15, 0.2) is 0 Å². The molecule has 0 heterocycles. The summed E-state index contributed by atoms with van der Waals surface area (Å²) >= 11 is 0. The van der Waals surface area contributed by atoms with Crippen LogP contribution in [0.1, 0.15) is 20.8 Å². The first-order chi connectivity index (χ1) is 11.6. The lowest BCUT2D eigenvalue weighted by molar-refractivity contribution is -0.128. The summed E-state index contributed by atoms with van der Waals surface area (Å²) in [4.78, 5) is 15.4. The molecule has 1 rings (SSSR count). The van der Waals surface area contributed by atoms with Gasteiger partial charge in [-0.15, -0.1) is 0 Å². The Bertz CT molecular complexity index is 642. The van der Waals surface area contributed by atoms with E-state index >= 15 is 0 Å². The van der Waals surface area contributed by atoms with Crippen molar-refractivity contribution in [2.45, 2.75) is 31.8 Å². The summed E-state index contributed by atoms with van der Waals surface area (Å²) in [5.41, 5.74) is 0. The molecule has 25 heavy (non-hydrogen) atoms. The maximum Gasteiger partial charge on any atom is 0.240 e. The highest BCUT2D eigenvalue weighted by Gasteiger charge is 2.15. The Hall–Kier alpha value is -1.64. The van der Waals surface area contributed by atoms with Gasteiger partial charge in [0, 0.05) is 33.1 Å². The van der Waals surface area contributed by atoms with Crippen LogP contribution in [0.5, 0.6) is 5.75 Å². The zero-order valence-corrected chi connectivity index (χ0v) is 16.5. The molecule has 7 nitrogen and oxygen atoms in total. The first kappa shape index (κ1) is 21.4. The van der Waals surface area contributed by atoms with Crippen LogP contribution >= 0.6 is 0 Å². The number of amides is 1. The first-order valence-electron chi connectivity index (χ1n) is 8.28. The summed E-state index contributed by atoms with van der Waals surface area (Å²) in [6.45, 7) is 7.08. The molecule has 0 aliphatic heterocycles. The van der Waals surface area contributed by atoms with Gasteiger partial charge in [0.25, 0.3) is 0 Å². The fourth-order valence-electron chi connectivity index (χ4n) is 2.12. The van der Waals surface area contributed by atoms with Crippen LogP contribution in [0.3, 0.4) is 0 Å². The molecule has 1 aromatic carbocycles. The fraction of sp³-hybridized carbons (Fsp3) is 0.588. The van der Waals surface area contributed by atoms with E-state index in [-0.39, 0.29) is 23.5 Å². The van der Waals surface area contributed by atoms with Gasteiger partial charge in [-0.05, 0) is 52.2 Å². The molecular formula is C17H29N3O4S. The van der Waals surface area contributed by atoms with E-state index in [4.69, 9.17) is 4.74 Å². The summed E-state index contributed by atoms with van der Waals surface area (Å²) in [5, 5.41) is 0. The molecular weight excluding hydrogens is 342 g/mol. The molecule has 0 aliphatic rings. The summed E-state index contributed by atoms with van der Waals surface area (Å²) in [5.74, 6) is 0.552. The highest BCUT2D eigenvalue weighted by atomic mass is 32.2. The second-order valence-electron chi connectivity index (χ2n) is 6.35. The average Bonchev–Trinajstić information content (AvgIpc) is 2.50. The Labute approximate surface area is 151 Å². The van der Waals surface area contributed by atoms with E-state index in [9.17, 15) is 13.2 Å². The summed E-state index contributed by atoms with van der Waals surface area (Å²) in [6, 6.07) is 6.28. The van der Waals surface area contributed by atoms with E-state index in [1.165, 1.54) is 19.1 Å². The topological polar surface area (TPSA) is 79.0 Å². The van der Waals surface area contributed by atoms with E-state index in [0.717, 1.165) is 6.54 Å². The van der Waals surface area contributed by atoms with E-state index in [1.807, 2.05) is 32.8 Å². The normalized spacial score (nSPS) is 11.8. The van der Waals surface area contributed by atoms with Crippen molar-refractivity contribution in [3.8, 4) is 5.75 Å². The van der Waals surface area contributed by atoms with Crippen molar-refractivity contribution in [3.63, 3.8) is 0 Å². The number of likely N-dealkylation sites (N-methyl/N-ethyl adjacent to an activating group) is 1. The minimum Gasteiger partial charge on any atom is -0.491 e. The van der Waals surface area contributed by atoms with Crippen molar-refractivity contribution >= 4 is 15.9 Å². The third-order valence-corrected chi connectivity index (χ3v) is 4.92. The number of nitrogens with zero attached hydrogens (tertiary/aromatic N) is 2. The van der Waals surface area contributed by atoms with Crippen LogP contribution in [-0.2, 0) is 14.8 Å². The maximum absolute atomic E-state index is 12.3. The fourth-order valence-corrected chi connectivity index (χ4v) is 3.14.